The van der Waals surface area contributed by atoms with E-state index in [1.165, 1.54) is 16.7 Å². The van der Waals surface area contributed by atoms with Gasteiger partial charge in [-0.05, 0) is 42.4 Å². The number of aromatic nitrogens is 4. The summed E-state index contributed by atoms with van der Waals surface area (Å²) < 4.78 is 15.4. The molecule has 10 nitrogen and oxygen atoms in total. The first-order chi connectivity index (χ1) is 20.6. The highest BCUT2D eigenvalue weighted by molar-refractivity contribution is 5.67. The molecule has 2 unspecified atom stereocenters. The zero-order valence-corrected chi connectivity index (χ0v) is 23.5. The third-order valence-electron chi connectivity index (χ3n) is 7.93. The van der Waals surface area contributed by atoms with E-state index in [1.807, 2.05) is 35.2 Å². The molecule has 3 atom stereocenters. The highest BCUT2D eigenvalue weighted by Crippen LogP contribution is 2.39. The molecule has 2 amide bonds. The van der Waals surface area contributed by atoms with E-state index < -0.39 is 12.2 Å². The molecule has 0 saturated heterocycles. The van der Waals surface area contributed by atoms with Crippen LogP contribution in [0.15, 0.2) is 79.4 Å². The van der Waals surface area contributed by atoms with Crippen molar-refractivity contribution >= 4 is 12.2 Å². The molecule has 10 heteroatoms. The van der Waals surface area contributed by atoms with Gasteiger partial charge in [0.25, 0.3) is 0 Å². The van der Waals surface area contributed by atoms with Crippen molar-refractivity contribution < 1.29 is 19.1 Å². The number of benzene rings is 2. The molecule has 4 heterocycles. The first-order valence-electron chi connectivity index (χ1n) is 14.7. The van der Waals surface area contributed by atoms with E-state index in [-0.39, 0.29) is 18.2 Å². The van der Waals surface area contributed by atoms with Gasteiger partial charge in [-0.1, -0.05) is 54.6 Å². The van der Waals surface area contributed by atoms with Crippen LogP contribution < -0.4 is 10.6 Å². The van der Waals surface area contributed by atoms with Crippen LogP contribution in [0.25, 0.3) is 0 Å². The maximum absolute atomic E-state index is 12.6. The number of nitrogens with zero attached hydrogens (tertiary/aromatic N) is 4. The van der Waals surface area contributed by atoms with Gasteiger partial charge in [-0.25, -0.2) is 19.6 Å². The van der Waals surface area contributed by atoms with E-state index >= 15 is 0 Å². The van der Waals surface area contributed by atoms with Gasteiger partial charge in [-0.3, -0.25) is 0 Å². The number of aryl methyl sites for hydroxylation is 3. The number of alkyl carbamates (subject to hydrolysis) is 2. The zero-order chi connectivity index (χ0) is 28.7. The Kier molecular flexibility index (Phi) is 8.48. The van der Waals surface area contributed by atoms with Crippen molar-refractivity contribution in [1.29, 1.82) is 0 Å². The van der Waals surface area contributed by atoms with Gasteiger partial charge in [0.05, 0.1) is 6.04 Å². The van der Waals surface area contributed by atoms with Crippen molar-refractivity contribution in [2.24, 2.45) is 0 Å². The van der Waals surface area contributed by atoms with Gasteiger partial charge >= 0.3 is 12.2 Å². The molecule has 2 aromatic carbocycles. The van der Waals surface area contributed by atoms with Gasteiger partial charge in [0, 0.05) is 57.3 Å². The molecular formula is C32H36N6O4. The highest BCUT2D eigenvalue weighted by Gasteiger charge is 2.35. The molecule has 2 N–H and O–H groups in total. The minimum absolute atomic E-state index is 0.113. The van der Waals surface area contributed by atoms with Crippen LogP contribution in [-0.4, -0.2) is 44.4 Å². The average molecular weight is 569 g/mol. The monoisotopic (exact) mass is 568 g/mol. The number of hydrogen-bond acceptors (Lipinski definition) is 6. The number of amides is 2. The summed E-state index contributed by atoms with van der Waals surface area (Å²) in [5.41, 5.74) is 3.62. The minimum Gasteiger partial charge on any atom is -0.438 e. The SMILES string of the molecule is O=C(NCCCc1cccc(CCCNC(=O)O[C@H]2CCn3ccnc32)c1)OC1CC(c2ccccc2)n2ccnc21. The maximum atomic E-state index is 12.6. The van der Waals surface area contributed by atoms with E-state index in [0.717, 1.165) is 50.3 Å². The van der Waals surface area contributed by atoms with Crippen molar-refractivity contribution in [3.8, 4) is 0 Å². The van der Waals surface area contributed by atoms with Crippen LogP contribution >= 0.6 is 0 Å². The zero-order valence-electron chi connectivity index (χ0n) is 23.5. The second kappa shape index (κ2) is 12.9. The molecule has 0 aliphatic carbocycles. The fourth-order valence-corrected chi connectivity index (χ4v) is 5.88. The Morgan fingerprint density at radius 2 is 1.48 bits per heavy atom. The van der Waals surface area contributed by atoms with Crippen molar-refractivity contribution in [3.05, 3.63) is 108 Å². The van der Waals surface area contributed by atoms with Crippen molar-refractivity contribution in [2.45, 2.75) is 63.3 Å². The standard InChI is InChI=1S/C32H36N6O4/c39-31(41-27-13-18-37-19-16-33-29(27)37)35-14-5-9-23-7-4-8-24(21-23)10-6-15-36-32(40)42-28-22-26(25-11-2-1-3-12-25)38-20-17-34-30(28)38/h1-4,7-8,11-12,16-17,19-21,26-28H,5-6,9-10,13-15,18,22H2,(H,35,39)(H,36,40)/t26?,27-,28?/m0/s1. The molecule has 0 saturated carbocycles. The molecule has 0 bridgehead atoms. The van der Waals surface area contributed by atoms with Crippen LogP contribution in [0.4, 0.5) is 9.59 Å². The summed E-state index contributed by atoms with van der Waals surface area (Å²) in [6.45, 7) is 1.90. The lowest BCUT2D eigenvalue weighted by Crippen LogP contribution is -2.27. The van der Waals surface area contributed by atoms with Crippen molar-refractivity contribution in [2.75, 3.05) is 13.1 Å². The summed E-state index contributed by atoms with van der Waals surface area (Å²) >= 11 is 0. The molecule has 2 aromatic heterocycles. The van der Waals surface area contributed by atoms with Gasteiger partial charge in [-0.15, -0.1) is 0 Å². The average Bonchev–Trinajstić information content (AvgIpc) is 3.79. The first-order valence-corrected chi connectivity index (χ1v) is 14.7. The Balaban J connectivity index is 0.879. The van der Waals surface area contributed by atoms with Crippen LogP contribution in [-0.2, 0) is 28.9 Å². The van der Waals surface area contributed by atoms with E-state index in [9.17, 15) is 9.59 Å². The lowest BCUT2D eigenvalue weighted by molar-refractivity contribution is 0.0944. The second-order valence-electron chi connectivity index (χ2n) is 10.8. The Hall–Kier alpha value is -4.60. The van der Waals surface area contributed by atoms with Crippen molar-refractivity contribution in [3.63, 3.8) is 0 Å². The number of fused-ring (bicyclic) bond motifs is 2. The fourth-order valence-electron chi connectivity index (χ4n) is 5.88. The van der Waals surface area contributed by atoms with Crippen LogP contribution in [0.2, 0.25) is 0 Å². The summed E-state index contributed by atoms with van der Waals surface area (Å²) in [6, 6.07) is 18.8. The smallest absolute Gasteiger partial charge is 0.407 e. The fraction of sp³-hybridized carbons (Fsp3) is 0.375. The first kappa shape index (κ1) is 27.6. The lowest BCUT2D eigenvalue weighted by Gasteiger charge is -2.14. The van der Waals surface area contributed by atoms with Gasteiger partial charge < -0.3 is 29.2 Å². The Morgan fingerprint density at radius 1 is 0.810 bits per heavy atom. The molecule has 4 aromatic rings. The van der Waals surface area contributed by atoms with Crippen LogP contribution in [0.5, 0.6) is 0 Å². The topological polar surface area (TPSA) is 112 Å². The highest BCUT2D eigenvalue weighted by atomic mass is 16.6. The number of ether oxygens (including phenoxy) is 2. The molecule has 0 radical (unpaired) electrons. The summed E-state index contributed by atoms with van der Waals surface area (Å²) in [5, 5.41) is 5.75. The maximum Gasteiger partial charge on any atom is 0.407 e. The third-order valence-corrected chi connectivity index (χ3v) is 7.93. The number of nitrogens with one attached hydrogen (secondary N) is 2. The van der Waals surface area contributed by atoms with Crippen LogP contribution in [0, 0.1) is 0 Å². The van der Waals surface area contributed by atoms with E-state index in [2.05, 4.69) is 61.6 Å². The van der Waals surface area contributed by atoms with Gasteiger partial charge in [-0.2, -0.15) is 0 Å². The Bertz CT molecular complexity index is 1500. The van der Waals surface area contributed by atoms with E-state index in [4.69, 9.17) is 9.47 Å². The molecule has 42 heavy (non-hydrogen) atoms. The Morgan fingerprint density at radius 3 is 2.21 bits per heavy atom. The minimum atomic E-state index is -0.416. The normalized spacial score (nSPS) is 18.7. The lowest BCUT2D eigenvalue weighted by atomic mass is 10.0. The largest absolute Gasteiger partial charge is 0.438 e. The third kappa shape index (κ3) is 6.48. The van der Waals surface area contributed by atoms with Crippen LogP contribution in [0.3, 0.4) is 0 Å². The number of imidazole rings is 2. The van der Waals surface area contributed by atoms with Gasteiger partial charge in [0.1, 0.15) is 5.82 Å². The van der Waals surface area contributed by atoms with E-state index in [0.29, 0.717) is 19.5 Å². The molecule has 6 rings (SSSR count). The quantitative estimate of drug-likeness (QED) is 0.238. The molecule has 0 fully saturated rings. The molecule has 0 spiro atoms. The van der Waals surface area contributed by atoms with E-state index in [1.54, 1.807) is 12.4 Å². The number of carbonyl (C=O) groups is 2. The predicted molar refractivity (Wildman–Crippen MR) is 156 cm³/mol. The number of hydrogen-bond donors (Lipinski definition) is 2. The van der Waals surface area contributed by atoms with Gasteiger partial charge in [0.2, 0.25) is 0 Å². The number of rotatable bonds is 11. The molecule has 2 aliphatic heterocycles. The summed E-state index contributed by atoms with van der Waals surface area (Å²) in [4.78, 5) is 33.5. The Labute approximate surface area is 245 Å². The second-order valence-corrected chi connectivity index (χ2v) is 10.8. The summed E-state index contributed by atoms with van der Waals surface area (Å²) in [6.07, 6.45) is 10.6. The molecular weight excluding hydrogens is 532 g/mol. The number of carbonyl (C=O) groups excluding carboxylic acids is 2. The van der Waals surface area contributed by atoms with Gasteiger partial charge in [0.15, 0.2) is 18.0 Å². The van der Waals surface area contributed by atoms with Crippen molar-refractivity contribution in [1.82, 2.24) is 29.7 Å². The molecule has 2 aliphatic rings. The van der Waals surface area contributed by atoms with Crippen LogP contribution in [0.1, 0.15) is 72.3 Å². The molecule has 218 valence electrons. The summed E-state index contributed by atoms with van der Waals surface area (Å²) in [7, 11) is 0. The predicted octanol–water partition coefficient (Wildman–Crippen LogP) is 5.28. The summed E-state index contributed by atoms with van der Waals surface area (Å²) in [5.74, 6) is 1.59.